The number of likely N-dealkylation sites (N-methyl/N-ethyl adjacent to an activating group) is 1. The second-order valence-electron chi connectivity index (χ2n) is 5.31. The van der Waals surface area contributed by atoms with Gasteiger partial charge in [-0.05, 0) is 38.1 Å². The Balaban J connectivity index is 0.00000180. The summed E-state index contributed by atoms with van der Waals surface area (Å²) >= 11 is 0. The number of ether oxygens (including phenoxy) is 1. The van der Waals surface area contributed by atoms with E-state index in [4.69, 9.17) is 4.74 Å². The van der Waals surface area contributed by atoms with E-state index in [0.29, 0.717) is 13.0 Å². The van der Waals surface area contributed by atoms with Crippen molar-refractivity contribution in [2.24, 2.45) is 0 Å². The smallest absolute Gasteiger partial charge is 0.118 e. The van der Waals surface area contributed by atoms with Gasteiger partial charge < -0.3 is 14.9 Å². The fourth-order valence-electron chi connectivity index (χ4n) is 2.58. The Hall–Kier alpha value is -0.810. The van der Waals surface area contributed by atoms with Gasteiger partial charge in [0.2, 0.25) is 0 Å². The SMILES string of the molecule is COc1ccc([C@@H]2C[C@H](O)[C@@](C)(O)CN2C)cc1.Cl. The highest BCUT2D eigenvalue weighted by molar-refractivity contribution is 5.85. The molecule has 2 rings (SSSR count). The van der Waals surface area contributed by atoms with Crippen molar-refractivity contribution in [3.05, 3.63) is 29.8 Å². The van der Waals surface area contributed by atoms with Crippen LogP contribution in [0.2, 0.25) is 0 Å². The zero-order valence-electron chi connectivity index (χ0n) is 11.5. The van der Waals surface area contributed by atoms with E-state index in [-0.39, 0.29) is 18.4 Å². The van der Waals surface area contributed by atoms with Gasteiger partial charge >= 0.3 is 0 Å². The lowest BCUT2D eigenvalue weighted by Gasteiger charge is -2.44. The largest absolute Gasteiger partial charge is 0.497 e. The summed E-state index contributed by atoms with van der Waals surface area (Å²) in [5, 5.41) is 20.0. The van der Waals surface area contributed by atoms with Crippen LogP contribution in [0.1, 0.15) is 24.9 Å². The van der Waals surface area contributed by atoms with Gasteiger partial charge in [0.15, 0.2) is 0 Å². The van der Waals surface area contributed by atoms with Gasteiger partial charge in [-0.2, -0.15) is 0 Å². The van der Waals surface area contributed by atoms with Gasteiger partial charge in [-0.3, -0.25) is 4.90 Å². The Morgan fingerprint density at radius 1 is 1.32 bits per heavy atom. The van der Waals surface area contributed by atoms with Gasteiger partial charge in [0, 0.05) is 12.6 Å². The van der Waals surface area contributed by atoms with E-state index in [1.54, 1.807) is 14.0 Å². The standard InChI is InChI=1S/C14H21NO3.ClH/c1-14(17)9-15(2)12(8-13(14)16)10-4-6-11(18-3)7-5-10;/h4-7,12-13,16-17H,8-9H2,1-3H3;1H/t12-,13-,14-;/m0./s1. The van der Waals surface area contributed by atoms with E-state index in [1.807, 2.05) is 31.3 Å². The van der Waals surface area contributed by atoms with Crippen LogP contribution in [-0.4, -0.2) is 47.5 Å². The molecule has 1 aromatic rings. The number of β-amino-alcohol motifs (C(OH)–C–C–N with tert-alkyl or cyclic N) is 1. The zero-order valence-corrected chi connectivity index (χ0v) is 12.4. The summed E-state index contributed by atoms with van der Waals surface area (Å²) in [4.78, 5) is 2.08. The molecule has 0 radical (unpaired) electrons. The first kappa shape index (κ1) is 16.2. The molecule has 0 aliphatic carbocycles. The summed E-state index contributed by atoms with van der Waals surface area (Å²) in [6, 6.07) is 7.98. The second kappa shape index (κ2) is 6.09. The average Bonchev–Trinajstić information content (AvgIpc) is 2.33. The van der Waals surface area contributed by atoms with E-state index >= 15 is 0 Å². The number of piperidine rings is 1. The number of nitrogens with zero attached hydrogens (tertiary/aromatic N) is 1. The number of aliphatic hydroxyl groups excluding tert-OH is 1. The second-order valence-corrected chi connectivity index (χ2v) is 5.31. The third kappa shape index (κ3) is 3.39. The topological polar surface area (TPSA) is 52.9 Å². The lowest BCUT2D eigenvalue weighted by molar-refractivity contribution is -0.121. The fourth-order valence-corrected chi connectivity index (χ4v) is 2.58. The predicted molar refractivity (Wildman–Crippen MR) is 76.9 cm³/mol. The molecule has 0 saturated carbocycles. The Labute approximate surface area is 120 Å². The number of hydrogen-bond donors (Lipinski definition) is 2. The van der Waals surface area contributed by atoms with E-state index in [1.165, 1.54) is 0 Å². The number of rotatable bonds is 2. The summed E-state index contributed by atoms with van der Waals surface area (Å²) in [5.41, 5.74) is 0.102. The summed E-state index contributed by atoms with van der Waals surface area (Å²) in [6.07, 6.45) is -0.156. The summed E-state index contributed by atoms with van der Waals surface area (Å²) in [5.74, 6) is 0.824. The fraction of sp³-hybridized carbons (Fsp3) is 0.571. The number of likely N-dealkylation sites (tertiary alicyclic amines) is 1. The lowest BCUT2D eigenvalue weighted by atomic mass is 9.85. The summed E-state index contributed by atoms with van der Waals surface area (Å²) in [7, 11) is 3.61. The van der Waals surface area contributed by atoms with Crippen LogP contribution in [0.5, 0.6) is 5.75 Å². The minimum atomic E-state index is -1.03. The molecule has 4 nitrogen and oxygen atoms in total. The molecule has 0 unspecified atom stereocenters. The Morgan fingerprint density at radius 2 is 1.89 bits per heavy atom. The molecule has 0 spiro atoms. The molecule has 3 atom stereocenters. The number of methoxy groups -OCH3 is 1. The Morgan fingerprint density at radius 3 is 2.42 bits per heavy atom. The van der Waals surface area contributed by atoms with E-state index < -0.39 is 11.7 Å². The van der Waals surface area contributed by atoms with Crippen molar-refractivity contribution in [1.82, 2.24) is 4.90 Å². The Kier molecular flexibility index (Phi) is 5.21. The van der Waals surface area contributed by atoms with Crippen molar-refractivity contribution in [2.75, 3.05) is 20.7 Å². The molecule has 1 saturated heterocycles. The van der Waals surface area contributed by atoms with E-state index in [2.05, 4.69) is 4.90 Å². The third-order valence-electron chi connectivity index (χ3n) is 3.77. The van der Waals surface area contributed by atoms with Crippen molar-refractivity contribution in [3.8, 4) is 5.75 Å². The molecular formula is C14H22ClNO3. The Bertz CT molecular complexity index is 408. The van der Waals surface area contributed by atoms with Gasteiger partial charge in [-0.1, -0.05) is 12.1 Å². The first-order chi connectivity index (χ1) is 8.44. The average molecular weight is 288 g/mol. The molecule has 1 aliphatic rings. The number of hydrogen-bond acceptors (Lipinski definition) is 4. The zero-order chi connectivity index (χ0) is 13.3. The molecule has 0 bridgehead atoms. The third-order valence-corrected chi connectivity index (χ3v) is 3.77. The van der Waals surface area contributed by atoms with Crippen LogP contribution in [0.3, 0.4) is 0 Å². The van der Waals surface area contributed by atoms with Crippen LogP contribution in [0.15, 0.2) is 24.3 Å². The van der Waals surface area contributed by atoms with Gasteiger partial charge in [-0.25, -0.2) is 0 Å². The van der Waals surface area contributed by atoms with Crippen LogP contribution >= 0.6 is 12.4 Å². The van der Waals surface area contributed by atoms with Gasteiger partial charge in [0.05, 0.1) is 13.2 Å². The molecule has 2 N–H and O–H groups in total. The molecule has 1 aromatic carbocycles. The van der Waals surface area contributed by atoms with Crippen molar-refractivity contribution >= 4 is 12.4 Å². The molecule has 5 heteroatoms. The normalized spacial score (nSPS) is 31.6. The minimum Gasteiger partial charge on any atom is -0.497 e. The van der Waals surface area contributed by atoms with Crippen molar-refractivity contribution in [2.45, 2.75) is 31.1 Å². The van der Waals surface area contributed by atoms with Crippen LogP contribution in [0.4, 0.5) is 0 Å². The first-order valence-electron chi connectivity index (χ1n) is 6.18. The highest BCUT2D eigenvalue weighted by Crippen LogP contribution is 2.34. The van der Waals surface area contributed by atoms with E-state index in [0.717, 1.165) is 11.3 Å². The maximum absolute atomic E-state index is 10.0. The van der Waals surface area contributed by atoms with Crippen LogP contribution in [0.25, 0.3) is 0 Å². The summed E-state index contributed by atoms with van der Waals surface area (Å²) in [6.45, 7) is 2.14. The van der Waals surface area contributed by atoms with Gasteiger partial charge in [0.25, 0.3) is 0 Å². The van der Waals surface area contributed by atoms with Crippen molar-refractivity contribution in [1.29, 1.82) is 0 Å². The molecule has 1 fully saturated rings. The van der Waals surface area contributed by atoms with Crippen LogP contribution in [-0.2, 0) is 0 Å². The molecule has 0 amide bonds. The molecular weight excluding hydrogens is 266 g/mol. The minimum absolute atomic E-state index is 0. The van der Waals surface area contributed by atoms with Crippen molar-refractivity contribution in [3.63, 3.8) is 0 Å². The molecule has 19 heavy (non-hydrogen) atoms. The van der Waals surface area contributed by atoms with Crippen LogP contribution < -0.4 is 4.74 Å². The summed E-state index contributed by atoms with van der Waals surface area (Å²) < 4.78 is 5.13. The monoisotopic (exact) mass is 287 g/mol. The number of halogens is 1. The maximum Gasteiger partial charge on any atom is 0.118 e. The van der Waals surface area contributed by atoms with Crippen molar-refractivity contribution < 1.29 is 14.9 Å². The highest BCUT2D eigenvalue weighted by atomic mass is 35.5. The molecule has 1 aliphatic heterocycles. The molecule has 0 aromatic heterocycles. The van der Waals surface area contributed by atoms with Gasteiger partial charge in [-0.15, -0.1) is 12.4 Å². The number of aliphatic hydroxyl groups is 2. The van der Waals surface area contributed by atoms with Crippen LogP contribution in [0, 0.1) is 0 Å². The lowest BCUT2D eigenvalue weighted by Crippen LogP contribution is -2.54. The maximum atomic E-state index is 10.0. The first-order valence-corrected chi connectivity index (χ1v) is 6.18. The van der Waals surface area contributed by atoms with E-state index in [9.17, 15) is 10.2 Å². The molecule has 108 valence electrons. The van der Waals surface area contributed by atoms with Gasteiger partial charge in [0.1, 0.15) is 11.4 Å². The quantitative estimate of drug-likeness (QED) is 0.868. The predicted octanol–water partition coefficient (Wildman–Crippen LogP) is 1.61. The molecule has 1 heterocycles. The number of benzene rings is 1. The highest BCUT2D eigenvalue weighted by Gasteiger charge is 2.40.